The summed E-state index contributed by atoms with van der Waals surface area (Å²) >= 11 is 0. The lowest BCUT2D eigenvalue weighted by atomic mass is 10.1. The van der Waals surface area contributed by atoms with Crippen molar-refractivity contribution >= 4 is 20.3 Å². The minimum atomic E-state index is -4.43. The minimum absolute atomic E-state index is 0.231. The maximum atomic E-state index is 12.7. The first-order chi connectivity index (χ1) is 15.3. The number of hydrogen-bond acceptors (Lipinski definition) is 5. The van der Waals surface area contributed by atoms with Crippen molar-refractivity contribution < 1.29 is 36.5 Å². The number of rotatable bonds is 10. The molecular formula is C23H37F3NO5P. The van der Waals surface area contributed by atoms with Crippen LogP contribution in [0.1, 0.15) is 79.0 Å². The van der Waals surface area contributed by atoms with Gasteiger partial charge in [-0.25, -0.2) is 0 Å². The number of nitrogens with one attached hydrogen (secondary N) is 1. The first-order valence-corrected chi connectivity index (χ1v) is 12.3. The summed E-state index contributed by atoms with van der Waals surface area (Å²) in [4.78, 5) is 25.4. The fourth-order valence-corrected chi connectivity index (χ4v) is 4.09. The Balaban J connectivity index is 0.00000497. The molecule has 0 saturated heterocycles. The minimum Gasteiger partial charge on any atom is -0.459 e. The van der Waals surface area contributed by atoms with Crippen LogP contribution in [-0.4, -0.2) is 36.4 Å². The van der Waals surface area contributed by atoms with Crippen molar-refractivity contribution in [3.05, 3.63) is 35.4 Å². The van der Waals surface area contributed by atoms with Crippen molar-refractivity contribution in [2.45, 2.75) is 85.3 Å². The Hall–Kier alpha value is -1.70. The molecule has 33 heavy (non-hydrogen) atoms. The van der Waals surface area contributed by atoms with E-state index in [1.165, 1.54) is 12.1 Å². The lowest BCUT2D eigenvalue weighted by molar-refractivity contribution is -0.155. The van der Waals surface area contributed by atoms with Crippen LogP contribution in [0.25, 0.3) is 0 Å². The first-order valence-electron chi connectivity index (χ1n) is 11.0. The van der Waals surface area contributed by atoms with Crippen molar-refractivity contribution in [1.29, 1.82) is 0 Å². The molecule has 1 amide bonds. The van der Waals surface area contributed by atoms with E-state index in [4.69, 9.17) is 13.8 Å². The molecule has 0 radical (unpaired) electrons. The molecule has 10 heteroatoms. The Bertz CT molecular complexity index is 714. The third-order valence-corrected chi connectivity index (χ3v) is 5.87. The highest BCUT2D eigenvalue weighted by Crippen LogP contribution is 2.46. The number of carbonyl (C=O) groups is 2. The largest absolute Gasteiger partial charge is 0.459 e. The standard InChI is InChI=1S/C21H31F3NO5P.C2H6/c1-7-28-31(29-8-2)17(19(27)30-20(4,5)6)13-18(26)25-14(3)15-9-11-16(12-10-15)21(22,23)24;1-2/h9-12,14,17H,7-8,13H2,1-6H3,(H,25,26);1-2H3. The molecule has 1 aromatic carbocycles. The van der Waals surface area contributed by atoms with E-state index in [2.05, 4.69) is 5.32 Å². The highest BCUT2D eigenvalue weighted by Gasteiger charge is 2.36. The first kappa shape index (κ1) is 31.3. The molecule has 1 N–H and O–H groups in total. The monoisotopic (exact) mass is 495 g/mol. The maximum Gasteiger partial charge on any atom is 0.416 e. The van der Waals surface area contributed by atoms with Gasteiger partial charge in [0, 0.05) is 6.42 Å². The zero-order valence-corrected chi connectivity index (χ0v) is 21.6. The molecule has 190 valence electrons. The van der Waals surface area contributed by atoms with Gasteiger partial charge in [0.2, 0.25) is 5.91 Å². The molecule has 0 heterocycles. The lowest BCUT2D eigenvalue weighted by Gasteiger charge is -2.28. The van der Waals surface area contributed by atoms with Gasteiger partial charge in [0.25, 0.3) is 0 Å². The Morgan fingerprint density at radius 3 is 1.88 bits per heavy atom. The second-order valence-electron chi connectivity index (χ2n) is 7.78. The van der Waals surface area contributed by atoms with E-state index in [0.29, 0.717) is 18.8 Å². The van der Waals surface area contributed by atoms with Crippen molar-refractivity contribution in [1.82, 2.24) is 5.32 Å². The van der Waals surface area contributed by atoms with E-state index in [0.717, 1.165) is 12.1 Å². The van der Waals surface area contributed by atoms with Crippen LogP contribution in [0.15, 0.2) is 24.3 Å². The second kappa shape index (κ2) is 14.5. The molecule has 1 aromatic rings. The summed E-state index contributed by atoms with van der Waals surface area (Å²) in [6.07, 6.45) is -4.66. The Morgan fingerprint density at radius 2 is 1.48 bits per heavy atom. The highest BCUT2D eigenvalue weighted by atomic mass is 31.2. The number of alkyl halides is 3. The highest BCUT2D eigenvalue weighted by molar-refractivity contribution is 7.49. The molecule has 2 unspecified atom stereocenters. The number of esters is 1. The predicted molar refractivity (Wildman–Crippen MR) is 124 cm³/mol. The van der Waals surface area contributed by atoms with E-state index < -0.39 is 49.3 Å². The van der Waals surface area contributed by atoms with Crippen LogP contribution < -0.4 is 5.32 Å². The zero-order valence-electron chi connectivity index (χ0n) is 20.7. The summed E-state index contributed by atoms with van der Waals surface area (Å²) in [6, 6.07) is 3.99. The molecule has 0 aliphatic heterocycles. The average Bonchev–Trinajstić information content (AvgIpc) is 2.71. The zero-order chi connectivity index (χ0) is 25.8. The van der Waals surface area contributed by atoms with Crippen molar-refractivity contribution in [2.24, 2.45) is 0 Å². The molecule has 0 aliphatic carbocycles. The molecule has 6 nitrogen and oxygen atoms in total. The van der Waals surface area contributed by atoms with Gasteiger partial charge >= 0.3 is 12.1 Å². The Morgan fingerprint density at radius 1 is 1.00 bits per heavy atom. The smallest absolute Gasteiger partial charge is 0.416 e. The predicted octanol–water partition coefficient (Wildman–Crippen LogP) is 6.39. The van der Waals surface area contributed by atoms with E-state index in [-0.39, 0.29) is 6.42 Å². The van der Waals surface area contributed by atoms with Crippen LogP contribution >= 0.6 is 8.38 Å². The van der Waals surface area contributed by atoms with Crippen LogP contribution in [-0.2, 0) is 29.5 Å². The lowest BCUT2D eigenvalue weighted by Crippen LogP contribution is -2.36. The third kappa shape index (κ3) is 11.8. The summed E-state index contributed by atoms with van der Waals surface area (Å²) in [5.74, 6) is -1.06. The van der Waals surface area contributed by atoms with Gasteiger partial charge in [0.05, 0.1) is 24.8 Å². The van der Waals surface area contributed by atoms with Crippen LogP contribution in [0, 0.1) is 0 Å². The number of amides is 1. The number of benzene rings is 1. The van der Waals surface area contributed by atoms with E-state index >= 15 is 0 Å². The SMILES string of the molecule is CC.CCOP(OCC)C(CC(=O)NC(C)c1ccc(C(F)(F)F)cc1)C(=O)OC(C)(C)C. The number of ether oxygens (including phenoxy) is 1. The summed E-state index contributed by atoms with van der Waals surface area (Å²) in [5, 5.41) is 2.71. The Kier molecular flexibility index (Phi) is 13.8. The number of halogens is 3. The van der Waals surface area contributed by atoms with E-state index in [9.17, 15) is 22.8 Å². The maximum absolute atomic E-state index is 12.7. The average molecular weight is 496 g/mol. The molecule has 0 aromatic heterocycles. The van der Waals surface area contributed by atoms with Gasteiger partial charge < -0.3 is 19.1 Å². The fourth-order valence-electron chi connectivity index (χ4n) is 2.61. The van der Waals surface area contributed by atoms with Gasteiger partial charge in [-0.15, -0.1) is 0 Å². The fraction of sp³-hybridized carbons (Fsp3) is 0.652. The van der Waals surface area contributed by atoms with Crippen molar-refractivity contribution in [3.8, 4) is 0 Å². The molecule has 2 atom stereocenters. The third-order valence-electron chi connectivity index (χ3n) is 3.94. The van der Waals surface area contributed by atoms with Gasteiger partial charge in [0.1, 0.15) is 11.3 Å². The van der Waals surface area contributed by atoms with E-state index in [1.54, 1.807) is 41.5 Å². The van der Waals surface area contributed by atoms with Gasteiger partial charge in [-0.3, -0.25) is 9.59 Å². The second-order valence-corrected chi connectivity index (χ2v) is 9.49. The van der Waals surface area contributed by atoms with Crippen LogP contribution in [0.4, 0.5) is 13.2 Å². The summed E-state index contributed by atoms with van der Waals surface area (Å²) in [5.41, 5.74) is -1.95. The van der Waals surface area contributed by atoms with Gasteiger partial charge in [-0.2, -0.15) is 13.2 Å². The molecule has 0 aliphatic rings. The van der Waals surface area contributed by atoms with Crippen LogP contribution in [0.3, 0.4) is 0 Å². The van der Waals surface area contributed by atoms with Gasteiger partial charge in [0.15, 0.2) is 8.38 Å². The number of carbonyl (C=O) groups excluding carboxylic acids is 2. The summed E-state index contributed by atoms with van der Waals surface area (Å²) in [6.45, 7) is 14.9. The molecular weight excluding hydrogens is 458 g/mol. The van der Waals surface area contributed by atoms with Crippen molar-refractivity contribution in [2.75, 3.05) is 13.2 Å². The Labute approximate surface area is 196 Å². The molecule has 0 spiro atoms. The quantitative estimate of drug-likeness (QED) is 0.301. The molecule has 1 rings (SSSR count). The van der Waals surface area contributed by atoms with Crippen molar-refractivity contribution in [3.63, 3.8) is 0 Å². The van der Waals surface area contributed by atoms with Gasteiger partial charge in [-0.1, -0.05) is 26.0 Å². The van der Waals surface area contributed by atoms with E-state index in [1.807, 2.05) is 13.8 Å². The molecule has 0 saturated carbocycles. The molecule has 0 fully saturated rings. The summed E-state index contributed by atoms with van der Waals surface area (Å²) in [7, 11) is -1.71. The number of hydrogen-bond donors (Lipinski definition) is 1. The summed E-state index contributed by atoms with van der Waals surface area (Å²) < 4.78 is 54.8. The molecule has 0 bridgehead atoms. The van der Waals surface area contributed by atoms with Crippen LogP contribution in [0.5, 0.6) is 0 Å². The normalized spacial score (nSPS) is 13.6. The van der Waals surface area contributed by atoms with Crippen LogP contribution in [0.2, 0.25) is 0 Å². The topological polar surface area (TPSA) is 73.9 Å². The van der Waals surface area contributed by atoms with Gasteiger partial charge in [-0.05, 0) is 59.2 Å².